The molecule has 0 amide bonds. The lowest BCUT2D eigenvalue weighted by molar-refractivity contribution is -0.0418. The zero-order chi connectivity index (χ0) is 8.60. The van der Waals surface area contributed by atoms with Gasteiger partial charge < -0.3 is 5.11 Å². The van der Waals surface area contributed by atoms with Crippen molar-refractivity contribution in [2.75, 3.05) is 0 Å². The van der Waals surface area contributed by atoms with E-state index in [9.17, 15) is 5.11 Å². The normalized spacial score (nSPS) is 21.5. The van der Waals surface area contributed by atoms with Gasteiger partial charge in [-0.15, -0.1) is 0 Å². The van der Waals surface area contributed by atoms with Crippen molar-refractivity contribution in [3.63, 3.8) is 0 Å². The molecule has 0 saturated heterocycles. The van der Waals surface area contributed by atoms with Crippen molar-refractivity contribution in [3.8, 4) is 0 Å². The van der Waals surface area contributed by atoms with Crippen LogP contribution in [0.2, 0.25) is 0 Å². The van der Waals surface area contributed by atoms with Crippen molar-refractivity contribution < 1.29 is 5.11 Å². The minimum absolute atomic E-state index is 0.716. The monoisotopic (exact) mass is 230 g/mol. The van der Waals surface area contributed by atoms with Gasteiger partial charge in [-0.1, -0.05) is 0 Å². The summed E-state index contributed by atoms with van der Waals surface area (Å²) in [6.07, 6.45) is 7.35. The number of rotatable bonds is 1. The van der Waals surface area contributed by atoms with E-state index in [1.54, 1.807) is 10.9 Å². The van der Waals surface area contributed by atoms with E-state index in [1.807, 2.05) is 6.20 Å². The Morgan fingerprint density at radius 3 is 2.67 bits per heavy atom. The third-order valence-corrected chi connectivity index (χ3v) is 2.79. The van der Waals surface area contributed by atoms with E-state index in [0.29, 0.717) is 0 Å². The van der Waals surface area contributed by atoms with E-state index in [4.69, 9.17) is 0 Å². The molecule has 1 aliphatic rings. The second-order valence-corrected chi connectivity index (χ2v) is 4.21. The van der Waals surface area contributed by atoms with Gasteiger partial charge in [0.25, 0.3) is 0 Å². The molecule has 0 bridgehead atoms. The third kappa shape index (κ3) is 1.29. The minimum Gasteiger partial charge on any atom is -0.369 e. The van der Waals surface area contributed by atoms with Crippen molar-refractivity contribution in [1.82, 2.24) is 9.78 Å². The molecule has 1 heterocycles. The lowest BCUT2D eigenvalue weighted by Crippen LogP contribution is -2.30. The molecule has 0 aliphatic heterocycles. The van der Waals surface area contributed by atoms with Gasteiger partial charge in [0, 0.05) is 6.20 Å². The Morgan fingerprint density at radius 1 is 1.50 bits per heavy atom. The van der Waals surface area contributed by atoms with E-state index in [1.165, 1.54) is 0 Å². The summed E-state index contributed by atoms with van der Waals surface area (Å²) in [6, 6.07) is 0. The van der Waals surface area contributed by atoms with Gasteiger partial charge in [-0.05, 0) is 41.6 Å². The van der Waals surface area contributed by atoms with Gasteiger partial charge in [-0.25, -0.2) is 4.68 Å². The van der Waals surface area contributed by atoms with Crippen molar-refractivity contribution in [2.24, 2.45) is 0 Å². The Kier molecular flexibility index (Phi) is 1.96. The van der Waals surface area contributed by atoms with Crippen molar-refractivity contribution in [2.45, 2.75) is 31.4 Å². The van der Waals surface area contributed by atoms with Gasteiger partial charge in [-0.2, -0.15) is 5.10 Å². The fourth-order valence-corrected chi connectivity index (χ4v) is 1.98. The zero-order valence-corrected chi connectivity index (χ0v) is 8.29. The van der Waals surface area contributed by atoms with Crippen LogP contribution in [0.4, 0.5) is 0 Å². The van der Waals surface area contributed by atoms with E-state index in [0.717, 1.165) is 30.2 Å². The predicted molar refractivity (Wildman–Crippen MR) is 48.6 cm³/mol. The third-order valence-electron chi connectivity index (χ3n) is 2.38. The highest BCUT2D eigenvalue weighted by Gasteiger charge is 2.33. The summed E-state index contributed by atoms with van der Waals surface area (Å²) in [7, 11) is 0. The summed E-state index contributed by atoms with van der Waals surface area (Å²) >= 11 is 3.31. The molecule has 1 saturated carbocycles. The summed E-state index contributed by atoms with van der Waals surface area (Å²) in [5.74, 6) is 0. The van der Waals surface area contributed by atoms with Gasteiger partial charge in [0.1, 0.15) is 0 Å². The first-order valence-electron chi connectivity index (χ1n) is 4.14. The molecule has 66 valence electrons. The Labute approximate surface area is 79.5 Å². The average Bonchev–Trinajstić information content (AvgIpc) is 2.59. The highest BCUT2D eigenvalue weighted by atomic mass is 79.9. The second kappa shape index (κ2) is 2.85. The van der Waals surface area contributed by atoms with Crippen LogP contribution >= 0.6 is 15.9 Å². The molecule has 1 aromatic heterocycles. The number of aromatic nitrogens is 2. The fraction of sp³-hybridized carbons (Fsp3) is 0.625. The molecule has 1 aromatic rings. The minimum atomic E-state index is -0.716. The van der Waals surface area contributed by atoms with Crippen LogP contribution in [0.15, 0.2) is 16.9 Å². The number of hydrogen-bond donors (Lipinski definition) is 1. The van der Waals surface area contributed by atoms with E-state index < -0.39 is 5.72 Å². The van der Waals surface area contributed by atoms with E-state index in [-0.39, 0.29) is 0 Å². The first-order chi connectivity index (χ1) is 5.71. The van der Waals surface area contributed by atoms with Crippen LogP contribution in [0.3, 0.4) is 0 Å². The second-order valence-electron chi connectivity index (χ2n) is 3.29. The predicted octanol–water partition coefficient (Wildman–Crippen LogP) is 1.86. The van der Waals surface area contributed by atoms with Crippen LogP contribution < -0.4 is 0 Å². The summed E-state index contributed by atoms with van der Waals surface area (Å²) in [6.45, 7) is 0. The molecule has 0 radical (unpaired) electrons. The van der Waals surface area contributed by atoms with Gasteiger partial charge >= 0.3 is 0 Å². The molecule has 0 atom stereocenters. The van der Waals surface area contributed by atoms with Crippen molar-refractivity contribution in [3.05, 3.63) is 16.9 Å². The quantitative estimate of drug-likeness (QED) is 0.801. The number of hydrogen-bond acceptors (Lipinski definition) is 2. The average molecular weight is 231 g/mol. The number of halogens is 1. The molecule has 3 nitrogen and oxygen atoms in total. The van der Waals surface area contributed by atoms with Crippen LogP contribution in [0.1, 0.15) is 25.7 Å². The summed E-state index contributed by atoms with van der Waals surface area (Å²) in [5.41, 5.74) is -0.716. The van der Waals surface area contributed by atoms with Crippen LogP contribution in [0, 0.1) is 0 Å². The zero-order valence-electron chi connectivity index (χ0n) is 6.70. The van der Waals surface area contributed by atoms with Gasteiger partial charge in [0.2, 0.25) is 0 Å². The number of nitrogens with zero attached hydrogens (tertiary/aromatic N) is 2. The molecule has 12 heavy (non-hydrogen) atoms. The van der Waals surface area contributed by atoms with Crippen LogP contribution in [0.25, 0.3) is 0 Å². The Morgan fingerprint density at radius 2 is 2.17 bits per heavy atom. The fourth-order valence-electron chi connectivity index (χ4n) is 1.70. The maximum Gasteiger partial charge on any atom is 0.157 e. The Bertz CT molecular complexity index is 278. The van der Waals surface area contributed by atoms with Gasteiger partial charge in [-0.3, -0.25) is 0 Å². The summed E-state index contributed by atoms with van der Waals surface area (Å²) in [4.78, 5) is 0. The maximum atomic E-state index is 10.1. The van der Waals surface area contributed by atoms with E-state index in [2.05, 4.69) is 21.0 Å². The SMILES string of the molecule is OC1(n2cc(Br)cn2)CCCC1. The Balaban J connectivity index is 2.28. The molecule has 1 fully saturated rings. The first kappa shape index (κ1) is 8.26. The van der Waals surface area contributed by atoms with Crippen molar-refractivity contribution in [1.29, 1.82) is 0 Å². The lowest BCUT2D eigenvalue weighted by Gasteiger charge is -2.22. The topological polar surface area (TPSA) is 38.0 Å². The molecule has 4 heteroatoms. The number of aliphatic hydroxyl groups is 1. The first-order valence-corrected chi connectivity index (χ1v) is 4.93. The highest BCUT2D eigenvalue weighted by Crippen LogP contribution is 2.33. The summed E-state index contributed by atoms with van der Waals surface area (Å²) in [5, 5.41) is 14.1. The molecular weight excluding hydrogens is 220 g/mol. The van der Waals surface area contributed by atoms with Crippen LogP contribution in [0.5, 0.6) is 0 Å². The molecule has 2 rings (SSSR count). The molecule has 0 unspecified atom stereocenters. The molecular formula is C8H11BrN2O. The lowest BCUT2D eigenvalue weighted by atomic mass is 10.2. The molecule has 1 aliphatic carbocycles. The molecule has 1 N–H and O–H groups in total. The molecule has 0 spiro atoms. The van der Waals surface area contributed by atoms with Gasteiger partial charge in [0.15, 0.2) is 5.72 Å². The maximum absolute atomic E-state index is 10.1. The van der Waals surface area contributed by atoms with Crippen LogP contribution in [-0.4, -0.2) is 14.9 Å². The van der Waals surface area contributed by atoms with Crippen LogP contribution in [-0.2, 0) is 5.72 Å². The smallest absolute Gasteiger partial charge is 0.157 e. The van der Waals surface area contributed by atoms with Crippen molar-refractivity contribution >= 4 is 15.9 Å². The molecule has 0 aromatic carbocycles. The van der Waals surface area contributed by atoms with E-state index >= 15 is 0 Å². The highest BCUT2D eigenvalue weighted by molar-refractivity contribution is 9.10. The van der Waals surface area contributed by atoms with Gasteiger partial charge in [0.05, 0.1) is 10.7 Å². The largest absolute Gasteiger partial charge is 0.369 e. The summed E-state index contributed by atoms with van der Waals surface area (Å²) < 4.78 is 2.58. The Hall–Kier alpha value is -0.350. The standard InChI is InChI=1S/C8H11BrN2O/c9-7-5-10-11(6-7)8(12)3-1-2-4-8/h5-6,12H,1-4H2.